The molecule has 4 rings (SSSR count). The fourth-order valence-corrected chi connectivity index (χ4v) is 3.83. The van der Waals surface area contributed by atoms with Crippen LogP contribution < -0.4 is 4.74 Å². The molecule has 1 fully saturated rings. The summed E-state index contributed by atoms with van der Waals surface area (Å²) in [6.07, 6.45) is 4.99. The molecule has 1 saturated heterocycles. The van der Waals surface area contributed by atoms with Gasteiger partial charge < -0.3 is 14.4 Å². The molecule has 1 aliphatic rings. The number of benzene rings is 1. The molecule has 0 saturated carbocycles. The zero-order valence-electron chi connectivity index (χ0n) is 17.2. The third-order valence-electron chi connectivity index (χ3n) is 5.60. The van der Waals surface area contributed by atoms with Crippen LogP contribution in [0.2, 0.25) is 0 Å². The molecule has 3 heterocycles. The number of aryl methyl sites for hydroxylation is 1. The first-order valence-corrected chi connectivity index (χ1v) is 10.4. The largest absolute Gasteiger partial charge is 0.484 e. The molecule has 156 valence electrons. The summed E-state index contributed by atoms with van der Waals surface area (Å²) in [5, 5.41) is 8.59. The van der Waals surface area contributed by atoms with Crippen LogP contribution in [0.4, 0.5) is 0 Å². The van der Waals surface area contributed by atoms with Crippen LogP contribution >= 0.6 is 0 Å². The minimum absolute atomic E-state index is 0.000192. The van der Waals surface area contributed by atoms with E-state index in [9.17, 15) is 9.59 Å². The second-order valence-corrected chi connectivity index (χ2v) is 7.78. The van der Waals surface area contributed by atoms with Crippen LogP contribution in [0.15, 0.2) is 48.7 Å². The van der Waals surface area contributed by atoms with E-state index >= 15 is 0 Å². The van der Waals surface area contributed by atoms with E-state index in [0.717, 1.165) is 36.3 Å². The molecule has 1 aromatic carbocycles. The van der Waals surface area contributed by atoms with Crippen molar-refractivity contribution in [1.82, 2.24) is 19.5 Å². The molecule has 0 N–H and O–H groups in total. The first kappa shape index (κ1) is 20.1. The monoisotopic (exact) mass is 406 g/mol. The summed E-state index contributed by atoms with van der Waals surface area (Å²) in [7, 11) is 0. The van der Waals surface area contributed by atoms with Gasteiger partial charge in [-0.15, -0.1) is 10.2 Å². The van der Waals surface area contributed by atoms with Crippen LogP contribution in [0.3, 0.4) is 0 Å². The Morgan fingerprint density at radius 3 is 2.57 bits per heavy atom. The number of Topliss-reactive ketones (excluding diaryl/α,β-unsaturated/α-hetero) is 1. The zero-order valence-corrected chi connectivity index (χ0v) is 17.2. The van der Waals surface area contributed by atoms with E-state index in [2.05, 4.69) is 10.2 Å². The molecule has 2 aromatic heterocycles. The zero-order chi connectivity index (χ0) is 20.9. The number of likely N-dealkylation sites (tertiary alicyclic amines) is 1. The Morgan fingerprint density at radius 2 is 1.83 bits per heavy atom. The van der Waals surface area contributed by atoms with Gasteiger partial charge >= 0.3 is 0 Å². The molecular formula is C23H26N4O3. The maximum absolute atomic E-state index is 12.6. The SMILES string of the molecule is CC(=O)CCc1ccc(OCC(=O)N2CCC(c3nnc4ccccn34)CC2)cc1. The van der Waals surface area contributed by atoms with Crippen LogP contribution in [0.25, 0.3) is 5.65 Å². The molecule has 30 heavy (non-hydrogen) atoms. The minimum atomic E-state index is 0.000192. The summed E-state index contributed by atoms with van der Waals surface area (Å²) in [6, 6.07) is 13.5. The van der Waals surface area contributed by atoms with Gasteiger partial charge in [0.05, 0.1) is 0 Å². The number of carbonyl (C=O) groups is 2. The van der Waals surface area contributed by atoms with E-state index in [-0.39, 0.29) is 18.3 Å². The van der Waals surface area contributed by atoms with Gasteiger partial charge in [0.1, 0.15) is 17.4 Å². The average Bonchev–Trinajstić information content (AvgIpc) is 3.21. The fourth-order valence-electron chi connectivity index (χ4n) is 3.83. The molecule has 7 heteroatoms. The number of aromatic nitrogens is 3. The van der Waals surface area contributed by atoms with Gasteiger partial charge in [0.15, 0.2) is 12.3 Å². The predicted molar refractivity (Wildman–Crippen MR) is 112 cm³/mol. The van der Waals surface area contributed by atoms with Crippen molar-refractivity contribution in [2.75, 3.05) is 19.7 Å². The van der Waals surface area contributed by atoms with Crippen LogP contribution in [0.5, 0.6) is 5.75 Å². The van der Waals surface area contributed by atoms with E-state index in [0.29, 0.717) is 31.2 Å². The lowest BCUT2D eigenvalue weighted by molar-refractivity contribution is -0.134. The number of hydrogen-bond acceptors (Lipinski definition) is 5. The number of ether oxygens (including phenoxy) is 1. The first-order chi connectivity index (χ1) is 14.6. The van der Waals surface area contributed by atoms with Crippen molar-refractivity contribution in [2.24, 2.45) is 0 Å². The highest BCUT2D eigenvalue weighted by molar-refractivity contribution is 5.78. The van der Waals surface area contributed by atoms with E-state index < -0.39 is 0 Å². The molecule has 1 aliphatic heterocycles. The Morgan fingerprint density at radius 1 is 1.07 bits per heavy atom. The standard InChI is InChI=1S/C23H26N4O3/c1-17(28)5-6-18-7-9-20(10-8-18)30-16-22(29)26-14-11-19(12-15-26)23-25-24-21-4-2-3-13-27(21)23/h2-4,7-10,13,19H,5-6,11-12,14-16H2,1H3. The van der Waals surface area contributed by atoms with Gasteiger partial charge in [0, 0.05) is 31.6 Å². The topological polar surface area (TPSA) is 76.8 Å². The summed E-state index contributed by atoms with van der Waals surface area (Å²) >= 11 is 0. The van der Waals surface area contributed by atoms with Gasteiger partial charge in [-0.3, -0.25) is 9.20 Å². The Kier molecular flexibility index (Phi) is 6.07. The Bertz CT molecular complexity index is 1020. The number of hydrogen-bond donors (Lipinski definition) is 0. The van der Waals surface area contributed by atoms with Gasteiger partial charge in [0.2, 0.25) is 0 Å². The number of rotatable bonds is 7. The number of carbonyl (C=O) groups excluding carboxylic acids is 2. The van der Waals surface area contributed by atoms with Crippen molar-refractivity contribution in [2.45, 2.75) is 38.5 Å². The van der Waals surface area contributed by atoms with Crippen molar-refractivity contribution in [3.8, 4) is 5.75 Å². The summed E-state index contributed by atoms with van der Waals surface area (Å²) < 4.78 is 7.71. The predicted octanol–water partition coefficient (Wildman–Crippen LogP) is 3.04. The normalized spacial score (nSPS) is 14.8. The lowest BCUT2D eigenvalue weighted by Crippen LogP contribution is -2.40. The Balaban J connectivity index is 1.26. The second-order valence-electron chi connectivity index (χ2n) is 7.78. The fraction of sp³-hybridized carbons (Fsp3) is 0.391. The van der Waals surface area contributed by atoms with Crippen LogP contribution in [-0.4, -0.2) is 50.9 Å². The van der Waals surface area contributed by atoms with Gasteiger partial charge in [-0.1, -0.05) is 18.2 Å². The number of nitrogens with zero attached hydrogens (tertiary/aromatic N) is 4. The molecule has 0 spiro atoms. The summed E-state index contributed by atoms with van der Waals surface area (Å²) in [4.78, 5) is 25.5. The Labute approximate surface area is 175 Å². The van der Waals surface area contributed by atoms with E-state index in [1.165, 1.54) is 0 Å². The second kappa shape index (κ2) is 9.07. The highest BCUT2D eigenvalue weighted by atomic mass is 16.5. The van der Waals surface area contributed by atoms with E-state index in [1.54, 1.807) is 6.92 Å². The molecule has 0 unspecified atom stereocenters. The molecular weight excluding hydrogens is 380 g/mol. The lowest BCUT2D eigenvalue weighted by Gasteiger charge is -2.31. The molecule has 3 aromatic rings. The van der Waals surface area contributed by atoms with Gasteiger partial charge in [0.25, 0.3) is 5.91 Å². The number of piperidine rings is 1. The molecule has 0 atom stereocenters. The Hall–Kier alpha value is -3.22. The number of fused-ring (bicyclic) bond motifs is 1. The summed E-state index contributed by atoms with van der Waals surface area (Å²) in [5.41, 5.74) is 1.94. The number of amides is 1. The minimum Gasteiger partial charge on any atom is -0.484 e. The molecule has 1 amide bonds. The molecule has 0 radical (unpaired) electrons. The smallest absolute Gasteiger partial charge is 0.260 e. The van der Waals surface area contributed by atoms with Crippen molar-refractivity contribution < 1.29 is 14.3 Å². The molecule has 7 nitrogen and oxygen atoms in total. The van der Waals surface area contributed by atoms with Crippen LogP contribution in [0, 0.1) is 0 Å². The van der Waals surface area contributed by atoms with Gasteiger partial charge in [-0.2, -0.15) is 0 Å². The third-order valence-corrected chi connectivity index (χ3v) is 5.60. The van der Waals surface area contributed by atoms with Crippen molar-refractivity contribution in [1.29, 1.82) is 0 Å². The van der Waals surface area contributed by atoms with E-state index in [1.807, 2.05) is 58.0 Å². The van der Waals surface area contributed by atoms with Gasteiger partial charge in [-0.05, 0) is 56.0 Å². The average molecular weight is 406 g/mol. The quantitative estimate of drug-likeness (QED) is 0.603. The number of pyridine rings is 1. The highest BCUT2D eigenvalue weighted by Crippen LogP contribution is 2.27. The maximum atomic E-state index is 12.6. The van der Waals surface area contributed by atoms with Crippen molar-refractivity contribution in [3.05, 3.63) is 60.0 Å². The first-order valence-electron chi connectivity index (χ1n) is 10.4. The van der Waals surface area contributed by atoms with Crippen molar-refractivity contribution in [3.63, 3.8) is 0 Å². The third kappa shape index (κ3) is 4.67. The molecule has 0 aliphatic carbocycles. The van der Waals surface area contributed by atoms with Crippen molar-refractivity contribution >= 4 is 17.3 Å². The van der Waals surface area contributed by atoms with Crippen LogP contribution in [0.1, 0.15) is 43.5 Å². The summed E-state index contributed by atoms with van der Waals surface area (Å²) in [6.45, 7) is 3.02. The number of ketones is 1. The molecule has 0 bridgehead atoms. The maximum Gasteiger partial charge on any atom is 0.260 e. The van der Waals surface area contributed by atoms with Crippen LogP contribution in [-0.2, 0) is 16.0 Å². The van der Waals surface area contributed by atoms with Gasteiger partial charge in [-0.25, -0.2) is 0 Å². The summed E-state index contributed by atoms with van der Waals surface area (Å²) in [5.74, 6) is 2.12. The lowest BCUT2D eigenvalue weighted by atomic mass is 9.96. The van der Waals surface area contributed by atoms with E-state index in [4.69, 9.17) is 4.74 Å². The highest BCUT2D eigenvalue weighted by Gasteiger charge is 2.27.